The normalized spacial score (nSPS) is 12.5. The number of thiazole rings is 1. The Bertz CT molecular complexity index is 758. The summed E-state index contributed by atoms with van der Waals surface area (Å²) in [6, 6.07) is 8.12. The summed E-state index contributed by atoms with van der Waals surface area (Å²) in [6.07, 6.45) is 3.44. The summed E-state index contributed by atoms with van der Waals surface area (Å²) in [6.45, 7) is 2.66. The van der Waals surface area contributed by atoms with E-state index in [0.29, 0.717) is 12.4 Å². The molecule has 0 amide bonds. The minimum atomic E-state index is -0.251. The van der Waals surface area contributed by atoms with Gasteiger partial charge in [-0.05, 0) is 37.7 Å². The number of aryl methyl sites for hydroxylation is 1. The summed E-state index contributed by atoms with van der Waals surface area (Å²) in [4.78, 5) is 15.4. The van der Waals surface area contributed by atoms with Crippen molar-refractivity contribution >= 4 is 11.3 Å². The first-order chi connectivity index (χ1) is 11.1. The van der Waals surface area contributed by atoms with E-state index in [1.54, 1.807) is 41.9 Å². The van der Waals surface area contributed by atoms with E-state index in [1.807, 2.05) is 14.0 Å². The van der Waals surface area contributed by atoms with Crippen LogP contribution in [0.15, 0.2) is 48.1 Å². The summed E-state index contributed by atoms with van der Waals surface area (Å²) in [5.41, 5.74) is 1.96. The molecule has 0 N–H and O–H groups in total. The van der Waals surface area contributed by atoms with Gasteiger partial charge in [0.15, 0.2) is 0 Å². The van der Waals surface area contributed by atoms with Gasteiger partial charge in [0.2, 0.25) is 0 Å². The standard InChI is InChI=1S/C17H17FN4S/c1-12-21-15(11-23-12)10-22(2)16(17-19-8-3-9-20-17)13-4-6-14(18)7-5-13/h3-9,11,16H,10H2,1-2H3. The van der Waals surface area contributed by atoms with Crippen molar-refractivity contribution in [3.63, 3.8) is 0 Å². The third kappa shape index (κ3) is 3.78. The lowest BCUT2D eigenvalue weighted by atomic mass is 10.0. The Morgan fingerprint density at radius 1 is 1.17 bits per heavy atom. The quantitative estimate of drug-likeness (QED) is 0.717. The lowest BCUT2D eigenvalue weighted by molar-refractivity contribution is 0.258. The number of benzene rings is 1. The van der Waals surface area contributed by atoms with Crippen LogP contribution in [0.3, 0.4) is 0 Å². The highest BCUT2D eigenvalue weighted by Crippen LogP contribution is 2.26. The van der Waals surface area contributed by atoms with E-state index in [1.165, 1.54) is 12.1 Å². The van der Waals surface area contributed by atoms with Gasteiger partial charge in [0.25, 0.3) is 0 Å². The van der Waals surface area contributed by atoms with Gasteiger partial charge in [0.1, 0.15) is 11.6 Å². The summed E-state index contributed by atoms with van der Waals surface area (Å²) >= 11 is 1.63. The van der Waals surface area contributed by atoms with Gasteiger partial charge in [-0.1, -0.05) is 12.1 Å². The van der Waals surface area contributed by atoms with Crippen molar-refractivity contribution in [2.24, 2.45) is 0 Å². The lowest BCUT2D eigenvalue weighted by Crippen LogP contribution is -2.27. The summed E-state index contributed by atoms with van der Waals surface area (Å²) in [5.74, 6) is 0.438. The first-order valence-electron chi connectivity index (χ1n) is 7.27. The number of nitrogens with zero attached hydrogens (tertiary/aromatic N) is 4. The molecule has 3 aromatic rings. The van der Waals surface area contributed by atoms with Crippen LogP contribution in [-0.4, -0.2) is 26.9 Å². The fraction of sp³-hybridized carbons (Fsp3) is 0.235. The number of halogens is 1. The number of rotatable bonds is 5. The Balaban J connectivity index is 1.92. The van der Waals surface area contributed by atoms with Crippen LogP contribution in [0.5, 0.6) is 0 Å². The molecule has 0 aliphatic carbocycles. The Hall–Kier alpha value is -2.18. The molecule has 0 saturated heterocycles. The van der Waals surface area contributed by atoms with E-state index in [2.05, 4.69) is 25.2 Å². The van der Waals surface area contributed by atoms with Crippen molar-refractivity contribution in [3.8, 4) is 0 Å². The van der Waals surface area contributed by atoms with E-state index in [0.717, 1.165) is 16.3 Å². The fourth-order valence-corrected chi connectivity index (χ4v) is 3.13. The van der Waals surface area contributed by atoms with Crippen molar-refractivity contribution in [1.29, 1.82) is 0 Å². The van der Waals surface area contributed by atoms with Crippen LogP contribution < -0.4 is 0 Å². The molecule has 4 nitrogen and oxygen atoms in total. The van der Waals surface area contributed by atoms with Gasteiger partial charge in [0.05, 0.1) is 16.7 Å². The second-order valence-electron chi connectivity index (χ2n) is 5.33. The van der Waals surface area contributed by atoms with Crippen LogP contribution in [0, 0.1) is 12.7 Å². The van der Waals surface area contributed by atoms with Gasteiger partial charge in [-0.3, -0.25) is 4.90 Å². The summed E-state index contributed by atoms with van der Waals surface area (Å²) < 4.78 is 13.2. The van der Waals surface area contributed by atoms with Gasteiger partial charge in [-0.25, -0.2) is 19.3 Å². The molecule has 0 bridgehead atoms. The number of hydrogen-bond donors (Lipinski definition) is 0. The molecule has 0 radical (unpaired) electrons. The average molecular weight is 328 g/mol. The molecule has 0 aliphatic heterocycles. The SMILES string of the molecule is Cc1nc(CN(C)C(c2ccc(F)cc2)c2ncccn2)cs1. The first-order valence-corrected chi connectivity index (χ1v) is 8.15. The number of aromatic nitrogens is 3. The van der Waals surface area contributed by atoms with Crippen molar-refractivity contribution in [3.05, 3.63) is 76.0 Å². The van der Waals surface area contributed by atoms with Crippen LogP contribution in [0.1, 0.15) is 28.1 Å². The molecular formula is C17H17FN4S. The zero-order chi connectivity index (χ0) is 16.2. The van der Waals surface area contributed by atoms with E-state index in [-0.39, 0.29) is 11.9 Å². The van der Waals surface area contributed by atoms with Gasteiger partial charge >= 0.3 is 0 Å². The molecule has 2 heterocycles. The third-order valence-electron chi connectivity index (χ3n) is 3.53. The Morgan fingerprint density at radius 2 is 1.87 bits per heavy atom. The molecule has 6 heteroatoms. The van der Waals surface area contributed by atoms with Gasteiger partial charge in [0, 0.05) is 24.3 Å². The molecule has 3 rings (SSSR count). The predicted molar refractivity (Wildman–Crippen MR) is 88.6 cm³/mol. The second-order valence-corrected chi connectivity index (χ2v) is 6.40. The molecule has 0 fully saturated rings. The highest BCUT2D eigenvalue weighted by atomic mass is 32.1. The molecule has 23 heavy (non-hydrogen) atoms. The number of hydrogen-bond acceptors (Lipinski definition) is 5. The highest BCUT2D eigenvalue weighted by molar-refractivity contribution is 7.09. The highest BCUT2D eigenvalue weighted by Gasteiger charge is 2.22. The fourth-order valence-electron chi connectivity index (χ4n) is 2.53. The van der Waals surface area contributed by atoms with Crippen LogP contribution >= 0.6 is 11.3 Å². The topological polar surface area (TPSA) is 41.9 Å². The van der Waals surface area contributed by atoms with E-state index in [4.69, 9.17) is 0 Å². The molecule has 0 aliphatic rings. The van der Waals surface area contributed by atoms with Crippen molar-refractivity contribution in [2.75, 3.05) is 7.05 Å². The van der Waals surface area contributed by atoms with Gasteiger partial charge in [-0.2, -0.15) is 0 Å². The van der Waals surface area contributed by atoms with Crippen molar-refractivity contribution in [1.82, 2.24) is 19.9 Å². The van der Waals surface area contributed by atoms with Crippen molar-refractivity contribution < 1.29 is 4.39 Å². The maximum atomic E-state index is 13.2. The monoisotopic (exact) mass is 328 g/mol. The zero-order valence-corrected chi connectivity index (χ0v) is 13.8. The van der Waals surface area contributed by atoms with Crippen LogP contribution in [0.4, 0.5) is 4.39 Å². The van der Waals surface area contributed by atoms with E-state index < -0.39 is 0 Å². The Labute approximate surface area is 138 Å². The third-order valence-corrected chi connectivity index (χ3v) is 4.36. The van der Waals surface area contributed by atoms with Crippen LogP contribution in [0.25, 0.3) is 0 Å². The predicted octanol–water partition coefficient (Wildman–Crippen LogP) is 3.60. The lowest BCUT2D eigenvalue weighted by Gasteiger charge is -2.26. The Kier molecular flexibility index (Phi) is 4.73. The summed E-state index contributed by atoms with van der Waals surface area (Å²) in [5, 5.41) is 3.10. The maximum Gasteiger partial charge on any atom is 0.149 e. The maximum absolute atomic E-state index is 13.2. The molecule has 0 spiro atoms. The molecule has 0 saturated carbocycles. The van der Waals surface area contributed by atoms with Crippen molar-refractivity contribution in [2.45, 2.75) is 19.5 Å². The van der Waals surface area contributed by atoms with Crippen LogP contribution in [0.2, 0.25) is 0 Å². The zero-order valence-electron chi connectivity index (χ0n) is 13.0. The molecule has 1 aromatic carbocycles. The largest absolute Gasteiger partial charge is 0.287 e. The van der Waals surface area contributed by atoms with E-state index >= 15 is 0 Å². The van der Waals surface area contributed by atoms with Crippen LogP contribution in [-0.2, 0) is 6.54 Å². The van der Waals surface area contributed by atoms with Gasteiger partial charge < -0.3 is 0 Å². The summed E-state index contributed by atoms with van der Waals surface area (Å²) in [7, 11) is 2.00. The minimum absolute atomic E-state index is 0.154. The molecule has 118 valence electrons. The Morgan fingerprint density at radius 3 is 2.48 bits per heavy atom. The second kappa shape index (κ2) is 6.93. The molecule has 1 atom stereocenters. The van der Waals surface area contributed by atoms with Gasteiger partial charge in [-0.15, -0.1) is 11.3 Å². The smallest absolute Gasteiger partial charge is 0.149 e. The molecule has 1 unspecified atom stereocenters. The molecule has 2 aromatic heterocycles. The average Bonchev–Trinajstić information content (AvgIpc) is 2.95. The molecular weight excluding hydrogens is 311 g/mol. The van der Waals surface area contributed by atoms with E-state index in [9.17, 15) is 4.39 Å². The minimum Gasteiger partial charge on any atom is -0.287 e. The first kappa shape index (κ1) is 15.7.